The van der Waals surface area contributed by atoms with Gasteiger partial charge in [0.1, 0.15) is 0 Å². The fraction of sp³-hybridized carbons (Fsp3) is 0.444. The van der Waals surface area contributed by atoms with Gasteiger partial charge in [0.05, 0.1) is 16.5 Å². The molecule has 12 heavy (non-hydrogen) atoms. The molecule has 1 aromatic heterocycles. The molecule has 1 aromatic rings. The van der Waals surface area contributed by atoms with Gasteiger partial charge in [-0.1, -0.05) is 11.6 Å². The lowest BCUT2D eigenvalue weighted by Gasteiger charge is -2.00. The van der Waals surface area contributed by atoms with Gasteiger partial charge in [-0.15, -0.1) is 11.3 Å². The first-order chi connectivity index (χ1) is 5.68. The molecular formula is C9H8ClNS. The first kappa shape index (κ1) is 8.10. The summed E-state index contributed by atoms with van der Waals surface area (Å²) in [6.07, 6.45) is 1.95. The Hall–Kier alpha value is -0.520. The predicted octanol–water partition coefficient (Wildman–Crippen LogP) is 3.27. The Labute approximate surface area is 80.6 Å². The van der Waals surface area contributed by atoms with Crippen molar-refractivity contribution in [3.05, 3.63) is 20.8 Å². The number of hydrogen-bond donors (Lipinski definition) is 0. The van der Waals surface area contributed by atoms with E-state index in [9.17, 15) is 0 Å². The monoisotopic (exact) mass is 197 g/mol. The van der Waals surface area contributed by atoms with Crippen LogP contribution in [0.5, 0.6) is 0 Å². The maximum Gasteiger partial charge on any atom is 0.0931 e. The maximum atomic E-state index is 8.94. The molecule has 1 aliphatic carbocycles. The standard InChI is InChI=1S/C9H8ClNS/c1-6-4-7(10)8(12-6)9(5-11)2-3-9/h4H,2-3H2,1H3. The van der Waals surface area contributed by atoms with Crippen molar-refractivity contribution in [2.45, 2.75) is 25.2 Å². The van der Waals surface area contributed by atoms with E-state index >= 15 is 0 Å². The molecule has 0 bridgehead atoms. The molecule has 1 heterocycles. The summed E-state index contributed by atoms with van der Waals surface area (Å²) in [7, 11) is 0. The number of thiophene rings is 1. The highest BCUT2D eigenvalue weighted by Gasteiger charge is 2.47. The van der Waals surface area contributed by atoms with Crippen LogP contribution in [0.15, 0.2) is 6.07 Å². The van der Waals surface area contributed by atoms with Crippen molar-refractivity contribution >= 4 is 22.9 Å². The molecule has 0 aromatic carbocycles. The summed E-state index contributed by atoms with van der Waals surface area (Å²) in [5, 5.41) is 9.72. The second-order valence-corrected chi connectivity index (χ2v) is 4.89. The SMILES string of the molecule is Cc1cc(Cl)c(C2(C#N)CC2)s1. The summed E-state index contributed by atoms with van der Waals surface area (Å²) in [6, 6.07) is 4.29. The Bertz CT molecular complexity index is 357. The van der Waals surface area contributed by atoms with E-state index in [1.165, 1.54) is 4.88 Å². The highest BCUT2D eigenvalue weighted by Crippen LogP contribution is 2.52. The molecule has 1 fully saturated rings. The summed E-state index contributed by atoms with van der Waals surface area (Å²) in [6.45, 7) is 2.02. The second-order valence-electron chi connectivity index (χ2n) is 3.23. The summed E-state index contributed by atoms with van der Waals surface area (Å²) in [5.41, 5.74) is -0.212. The van der Waals surface area contributed by atoms with Gasteiger partial charge >= 0.3 is 0 Å². The molecule has 0 aliphatic heterocycles. The highest BCUT2D eigenvalue weighted by atomic mass is 35.5. The van der Waals surface area contributed by atoms with Crippen molar-refractivity contribution in [3.8, 4) is 6.07 Å². The van der Waals surface area contributed by atoms with Crippen LogP contribution in [0.25, 0.3) is 0 Å². The Kier molecular flexibility index (Phi) is 1.67. The van der Waals surface area contributed by atoms with E-state index in [1.807, 2.05) is 13.0 Å². The number of halogens is 1. The van der Waals surface area contributed by atoms with Crippen LogP contribution in [0.4, 0.5) is 0 Å². The molecule has 0 atom stereocenters. The number of aryl methyl sites for hydroxylation is 1. The summed E-state index contributed by atoms with van der Waals surface area (Å²) in [5.74, 6) is 0. The molecule has 0 radical (unpaired) electrons. The molecule has 0 unspecified atom stereocenters. The average molecular weight is 198 g/mol. The van der Waals surface area contributed by atoms with Gasteiger partial charge in [0.15, 0.2) is 0 Å². The van der Waals surface area contributed by atoms with Crippen LogP contribution in [0.1, 0.15) is 22.6 Å². The maximum absolute atomic E-state index is 8.94. The zero-order valence-corrected chi connectivity index (χ0v) is 8.30. The van der Waals surface area contributed by atoms with E-state index in [4.69, 9.17) is 16.9 Å². The van der Waals surface area contributed by atoms with Gasteiger partial charge in [-0.25, -0.2) is 0 Å². The zero-order valence-electron chi connectivity index (χ0n) is 6.72. The van der Waals surface area contributed by atoms with Crippen molar-refractivity contribution in [2.75, 3.05) is 0 Å². The predicted molar refractivity (Wildman–Crippen MR) is 50.6 cm³/mol. The van der Waals surface area contributed by atoms with Gasteiger partial charge in [-0.2, -0.15) is 5.26 Å². The number of nitriles is 1. The zero-order chi connectivity index (χ0) is 8.77. The quantitative estimate of drug-likeness (QED) is 0.678. The first-order valence-electron chi connectivity index (χ1n) is 3.86. The summed E-state index contributed by atoms with van der Waals surface area (Å²) in [4.78, 5) is 2.26. The van der Waals surface area contributed by atoms with Crippen LogP contribution < -0.4 is 0 Å². The van der Waals surface area contributed by atoms with Crippen molar-refractivity contribution < 1.29 is 0 Å². The molecule has 3 heteroatoms. The van der Waals surface area contributed by atoms with E-state index in [-0.39, 0.29) is 5.41 Å². The Morgan fingerprint density at radius 2 is 2.33 bits per heavy atom. The third-order valence-electron chi connectivity index (χ3n) is 2.21. The topological polar surface area (TPSA) is 23.8 Å². The minimum atomic E-state index is -0.212. The van der Waals surface area contributed by atoms with Crippen LogP contribution in [0, 0.1) is 18.3 Å². The molecule has 0 saturated heterocycles. The third-order valence-corrected chi connectivity index (χ3v) is 3.87. The van der Waals surface area contributed by atoms with E-state index in [1.54, 1.807) is 11.3 Å². The van der Waals surface area contributed by atoms with Gasteiger partial charge in [0.2, 0.25) is 0 Å². The van der Waals surface area contributed by atoms with Crippen LogP contribution in [0.3, 0.4) is 0 Å². The molecule has 1 aliphatic rings. The minimum absolute atomic E-state index is 0.212. The highest BCUT2D eigenvalue weighted by molar-refractivity contribution is 7.12. The fourth-order valence-corrected chi connectivity index (χ4v) is 2.95. The van der Waals surface area contributed by atoms with E-state index in [0.29, 0.717) is 0 Å². The van der Waals surface area contributed by atoms with Gasteiger partial charge in [-0.3, -0.25) is 0 Å². The Morgan fingerprint density at radius 3 is 2.67 bits per heavy atom. The molecule has 1 nitrogen and oxygen atoms in total. The Morgan fingerprint density at radius 1 is 1.67 bits per heavy atom. The van der Waals surface area contributed by atoms with E-state index in [2.05, 4.69) is 6.07 Å². The molecule has 0 amide bonds. The largest absolute Gasteiger partial charge is 0.197 e. The first-order valence-corrected chi connectivity index (χ1v) is 5.05. The van der Waals surface area contributed by atoms with Crippen LogP contribution in [0.2, 0.25) is 5.02 Å². The number of rotatable bonds is 1. The van der Waals surface area contributed by atoms with Crippen molar-refractivity contribution in [1.29, 1.82) is 5.26 Å². The summed E-state index contributed by atoms with van der Waals surface area (Å²) >= 11 is 7.66. The van der Waals surface area contributed by atoms with Gasteiger partial charge in [0, 0.05) is 9.75 Å². The third kappa shape index (κ3) is 1.05. The van der Waals surface area contributed by atoms with Crippen molar-refractivity contribution in [1.82, 2.24) is 0 Å². The van der Waals surface area contributed by atoms with Gasteiger partial charge < -0.3 is 0 Å². The van der Waals surface area contributed by atoms with Crippen LogP contribution >= 0.6 is 22.9 Å². The van der Waals surface area contributed by atoms with E-state index < -0.39 is 0 Å². The second kappa shape index (κ2) is 2.48. The lowest BCUT2D eigenvalue weighted by atomic mass is 10.1. The normalized spacial score (nSPS) is 18.8. The lowest BCUT2D eigenvalue weighted by Crippen LogP contribution is -1.98. The minimum Gasteiger partial charge on any atom is -0.197 e. The summed E-state index contributed by atoms with van der Waals surface area (Å²) < 4.78 is 0. The average Bonchev–Trinajstić information content (AvgIpc) is 2.74. The van der Waals surface area contributed by atoms with Crippen LogP contribution in [-0.2, 0) is 5.41 Å². The van der Waals surface area contributed by atoms with Crippen molar-refractivity contribution in [2.24, 2.45) is 0 Å². The molecule has 62 valence electrons. The number of hydrogen-bond acceptors (Lipinski definition) is 2. The van der Waals surface area contributed by atoms with Crippen molar-refractivity contribution in [3.63, 3.8) is 0 Å². The fourth-order valence-electron chi connectivity index (χ4n) is 1.32. The number of nitrogens with zero attached hydrogens (tertiary/aromatic N) is 1. The van der Waals surface area contributed by atoms with E-state index in [0.717, 1.165) is 22.7 Å². The molecular weight excluding hydrogens is 190 g/mol. The van der Waals surface area contributed by atoms with Gasteiger partial charge in [-0.05, 0) is 25.8 Å². The Balaban J connectivity index is 2.48. The molecule has 0 N–H and O–H groups in total. The lowest BCUT2D eigenvalue weighted by molar-refractivity contribution is 0.937. The van der Waals surface area contributed by atoms with Crippen LogP contribution in [-0.4, -0.2) is 0 Å². The van der Waals surface area contributed by atoms with Gasteiger partial charge in [0.25, 0.3) is 0 Å². The smallest absolute Gasteiger partial charge is 0.0931 e. The molecule has 0 spiro atoms. The molecule has 1 saturated carbocycles. The molecule has 2 rings (SSSR count).